The van der Waals surface area contributed by atoms with Crippen LogP contribution in [0, 0.1) is 25.5 Å². The third-order valence-electron chi connectivity index (χ3n) is 2.63. The van der Waals surface area contributed by atoms with Gasteiger partial charge in [-0.2, -0.15) is 0 Å². The molecule has 0 aliphatic heterocycles. The fourth-order valence-corrected chi connectivity index (χ4v) is 2.05. The van der Waals surface area contributed by atoms with E-state index in [9.17, 15) is 8.78 Å². The Morgan fingerprint density at radius 2 is 1.47 bits per heavy atom. The zero-order chi connectivity index (χ0) is 14.0. The predicted molar refractivity (Wildman–Crippen MR) is 71.9 cm³/mol. The van der Waals surface area contributed by atoms with Gasteiger partial charge in [-0.1, -0.05) is 6.07 Å². The van der Waals surface area contributed by atoms with Gasteiger partial charge in [0.15, 0.2) is 17.4 Å². The minimum atomic E-state index is -0.755. The number of aryl methyl sites for hydroxylation is 2. The van der Waals surface area contributed by atoms with Gasteiger partial charge < -0.3 is 4.74 Å². The first kappa shape index (κ1) is 13.8. The molecule has 0 bridgehead atoms. The molecule has 0 atom stereocenters. The number of hydrogen-bond donors (Lipinski definition) is 0. The lowest BCUT2D eigenvalue weighted by molar-refractivity contribution is 0.406. The molecule has 2 aromatic carbocycles. The van der Waals surface area contributed by atoms with Crippen LogP contribution in [0.2, 0.25) is 0 Å². The second-order valence-electron chi connectivity index (χ2n) is 4.45. The van der Waals surface area contributed by atoms with Gasteiger partial charge in [0.1, 0.15) is 5.75 Å². The van der Waals surface area contributed by atoms with E-state index in [0.29, 0.717) is 11.3 Å². The van der Waals surface area contributed by atoms with Crippen LogP contribution in [0.1, 0.15) is 16.7 Å². The topological polar surface area (TPSA) is 9.23 Å². The number of hydrogen-bond acceptors (Lipinski definition) is 1. The maximum absolute atomic E-state index is 13.8. The van der Waals surface area contributed by atoms with E-state index in [1.54, 1.807) is 12.1 Å². The maximum Gasteiger partial charge on any atom is 0.198 e. The van der Waals surface area contributed by atoms with Crippen molar-refractivity contribution in [2.24, 2.45) is 0 Å². The Balaban J connectivity index is 2.38. The quantitative estimate of drug-likeness (QED) is 0.711. The lowest BCUT2D eigenvalue weighted by Gasteiger charge is -2.10. The van der Waals surface area contributed by atoms with Crippen molar-refractivity contribution in [2.45, 2.75) is 19.7 Å². The van der Waals surface area contributed by atoms with E-state index in [1.807, 2.05) is 19.9 Å². The van der Waals surface area contributed by atoms with Crippen molar-refractivity contribution in [3.8, 4) is 11.5 Å². The van der Waals surface area contributed by atoms with Crippen LogP contribution in [-0.4, -0.2) is 0 Å². The first-order chi connectivity index (χ1) is 8.99. The Morgan fingerprint density at radius 1 is 0.947 bits per heavy atom. The zero-order valence-electron chi connectivity index (χ0n) is 10.6. The molecule has 0 saturated heterocycles. The average Bonchev–Trinajstić information content (AvgIpc) is 2.32. The van der Waals surface area contributed by atoms with Crippen LogP contribution in [0.4, 0.5) is 8.78 Å². The van der Waals surface area contributed by atoms with Crippen molar-refractivity contribution in [2.75, 3.05) is 0 Å². The molecule has 0 fully saturated rings. The number of benzene rings is 2. The Labute approximate surface area is 115 Å². The molecule has 0 N–H and O–H groups in total. The van der Waals surface area contributed by atoms with E-state index in [4.69, 9.17) is 16.3 Å². The van der Waals surface area contributed by atoms with E-state index in [-0.39, 0.29) is 5.88 Å². The molecule has 0 amide bonds. The Bertz CT molecular complexity index is 568. The van der Waals surface area contributed by atoms with Crippen LogP contribution in [0.25, 0.3) is 0 Å². The highest BCUT2D eigenvalue weighted by Gasteiger charge is 2.13. The third kappa shape index (κ3) is 3.24. The minimum Gasteiger partial charge on any atom is -0.451 e. The highest BCUT2D eigenvalue weighted by Crippen LogP contribution is 2.30. The predicted octanol–water partition coefficient (Wildman–Crippen LogP) is 5.11. The summed E-state index contributed by atoms with van der Waals surface area (Å²) in [6, 6.07) is 7.75. The molecule has 1 nitrogen and oxygen atoms in total. The summed E-state index contributed by atoms with van der Waals surface area (Å²) in [5.41, 5.74) is 2.31. The smallest absolute Gasteiger partial charge is 0.198 e. The largest absolute Gasteiger partial charge is 0.451 e. The van der Waals surface area contributed by atoms with Gasteiger partial charge >= 0.3 is 0 Å². The second-order valence-corrected chi connectivity index (χ2v) is 4.71. The van der Waals surface area contributed by atoms with Crippen molar-refractivity contribution in [1.82, 2.24) is 0 Å². The molecule has 0 unspecified atom stereocenters. The third-order valence-corrected chi connectivity index (χ3v) is 2.94. The van der Waals surface area contributed by atoms with Gasteiger partial charge in [-0.25, -0.2) is 8.78 Å². The van der Waals surface area contributed by atoms with Crippen LogP contribution in [0.5, 0.6) is 11.5 Å². The normalized spacial score (nSPS) is 10.6. The zero-order valence-corrected chi connectivity index (χ0v) is 11.4. The second kappa shape index (κ2) is 5.57. The van der Waals surface area contributed by atoms with Crippen LogP contribution < -0.4 is 4.74 Å². The molecule has 2 aromatic rings. The van der Waals surface area contributed by atoms with E-state index in [0.717, 1.165) is 11.1 Å². The monoisotopic (exact) mass is 282 g/mol. The van der Waals surface area contributed by atoms with Crippen molar-refractivity contribution in [3.63, 3.8) is 0 Å². The Morgan fingerprint density at radius 3 is 1.95 bits per heavy atom. The lowest BCUT2D eigenvalue weighted by Crippen LogP contribution is -1.95. The summed E-state index contributed by atoms with van der Waals surface area (Å²) in [6.45, 7) is 3.78. The Kier molecular flexibility index (Phi) is 4.05. The van der Waals surface area contributed by atoms with Crippen molar-refractivity contribution >= 4 is 11.6 Å². The molecule has 100 valence electrons. The SMILES string of the molecule is Cc1cc(C)cc(Oc2c(F)cc(CCl)cc2F)c1. The molecule has 0 aliphatic carbocycles. The molecular formula is C15H13ClF2O. The van der Waals surface area contributed by atoms with Crippen LogP contribution in [-0.2, 0) is 5.88 Å². The van der Waals surface area contributed by atoms with Gasteiger partial charge in [-0.3, -0.25) is 0 Å². The molecule has 0 radical (unpaired) electrons. The summed E-state index contributed by atoms with van der Waals surface area (Å²) >= 11 is 5.55. The van der Waals surface area contributed by atoms with Crippen LogP contribution in [0.3, 0.4) is 0 Å². The number of halogens is 3. The number of alkyl halides is 1. The molecule has 0 heterocycles. The molecule has 0 spiro atoms. The lowest BCUT2D eigenvalue weighted by atomic mass is 10.1. The van der Waals surface area contributed by atoms with Crippen molar-refractivity contribution in [3.05, 3.63) is 58.7 Å². The van der Waals surface area contributed by atoms with Gasteiger partial charge in [0.25, 0.3) is 0 Å². The van der Waals surface area contributed by atoms with E-state index < -0.39 is 17.4 Å². The highest BCUT2D eigenvalue weighted by atomic mass is 35.5. The summed E-state index contributed by atoms with van der Waals surface area (Å²) < 4.78 is 32.8. The van der Waals surface area contributed by atoms with Crippen LogP contribution in [0.15, 0.2) is 30.3 Å². The van der Waals surface area contributed by atoms with Crippen LogP contribution >= 0.6 is 11.6 Å². The Hall–Kier alpha value is -1.61. The van der Waals surface area contributed by atoms with Crippen molar-refractivity contribution in [1.29, 1.82) is 0 Å². The summed E-state index contributed by atoms with van der Waals surface area (Å²) in [5.74, 6) is -1.45. The van der Waals surface area contributed by atoms with Gasteiger partial charge in [0.05, 0.1) is 0 Å². The molecule has 19 heavy (non-hydrogen) atoms. The van der Waals surface area contributed by atoms with E-state index in [1.165, 1.54) is 12.1 Å². The first-order valence-corrected chi connectivity index (χ1v) is 6.33. The van der Waals surface area contributed by atoms with Gasteiger partial charge in [0, 0.05) is 5.88 Å². The summed E-state index contributed by atoms with van der Waals surface area (Å²) in [4.78, 5) is 0. The van der Waals surface area contributed by atoms with Gasteiger partial charge in [0.2, 0.25) is 0 Å². The summed E-state index contributed by atoms with van der Waals surface area (Å²) in [6.07, 6.45) is 0. The average molecular weight is 283 g/mol. The van der Waals surface area contributed by atoms with E-state index >= 15 is 0 Å². The molecule has 0 saturated carbocycles. The summed E-state index contributed by atoms with van der Waals surface area (Å²) in [7, 11) is 0. The standard InChI is InChI=1S/C15H13ClF2O/c1-9-3-10(2)5-12(4-9)19-15-13(17)6-11(8-16)7-14(15)18/h3-7H,8H2,1-2H3. The number of ether oxygens (including phenoxy) is 1. The number of rotatable bonds is 3. The minimum absolute atomic E-state index is 0.0532. The molecule has 4 heteroatoms. The van der Waals surface area contributed by atoms with Crippen molar-refractivity contribution < 1.29 is 13.5 Å². The van der Waals surface area contributed by atoms with Gasteiger partial charge in [-0.15, -0.1) is 11.6 Å². The first-order valence-electron chi connectivity index (χ1n) is 5.79. The fraction of sp³-hybridized carbons (Fsp3) is 0.200. The van der Waals surface area contributed by atoms with Gasteiger partial charge in [-0.05, 0) is 54.8 Å². The molecule has 0 aliphatic rings. The molecule has 2 rings (SSSR count). The molecular weight excluding hydrogens is 270 g/mol. The fourth-order valence-electron chi connectivity index (χ4n) is 1.90. The maximum atomic E-state index is 13.8. The van der Waals surface area contributed by atoms with E-state index in [2.05, 4.69) is 0 Å². The summed E-state index contributed by atoms with van der Waals surface area (Å²) in [5, 5.41) is 0. The molecule has 0 aromatic heterocycles. The highest BCUT2D eigenvalue weighted by molar-refractivity contribution is 6.17.